The van der Waals surface area contributed by atoms with Crippen molar-refractivity contribution in [3.05, 3.63) is 50.1 Å². The van der Waals surface area contributed by atoms with Gasteiger partial charge < -0.3 is 5.32 Å². The summed E-state index contributed by atoms with van der Waals surface area (Å²) in [7, 11) is 1.44. The lowest BCUT2D eigenvalue weighted by Crippen LogP contribution is -2.38. The quantitative estimate of drug-likeness (QED) is 0.464. The van der Waals surface area contributed by atoms with Crippen LogP contribution in [-0.4, -0.2) is 34.3 Å². The summed E-state index contributed by atoms with van der Waals surface area (Å²) in [6, 6.07) is 5.23. The predicted octanol–water partition coefficient (Wildman–Crippen LogP) is 3.48. The Morgan fingerprint density at radius 1 is 1.20 bits per heavy atom. The number of imide groups is 1. The van der Waals surface area contributed by atoms with Crippen LogP contribution in [0.3, 0.4) is 0 Å². The van der Waals surface area contributed by atoms with Crippen LogP contribution in [0.15, 0.2) is 28.2 Å². The third-order valence-electron chi connectivity index (χ3n) is 4.91. The number of nitrogens with one attached hydrogen (secondary N) is 2. The standard InChI is InChI=1S/C21H24N4O3S2/c1-6-15-13(4)30-18-17(15)19(27)25(14-8-7-11(2)12(3)9-14)21(24-18)29-10-16(26)23-20(28)22-5/h7-9H,6,10H2,1-5H3,(H2,22,23,26,28). The first kappa shape index (κ1) is 22.0. The molecule has 3 amide bonds. The van der Waals surface area contributed by atoms with Gasteiger partial charge in [0.05, 0.1) is 16.8 Å². The lowest BCUT2D eigenvalue weighted by Gasteiger charge is -2.14. The molecule has 9 heteroatoms. The van der Waals surface area contributed by atoms with Crippen LogP contribution in [0, 0.1) is 20.8 Å². The second-order valence-electron chi connectivity index (χ2n) is 6.89. The molecule has 2 heterocycles. The highest BCUT2D eigenvalue weighted by Gasteiger charge is 2.20. The Labute approximate surface area is 182 Å². The van der Waals surface area contributed by atoms with E-state index < -0.39 is 11.9 Å². The third kappa shape index (κ3) is 4.27. The number of aryl methyl sites for hydroxylation is 4. The van der Waals surface area contributed by atoms with Crippen LogP contribution in [0.5, 0.6) is 0 Å². The number of rotatable bonds is 5. The number of urea groups is 1. The summed E-state index contributed by atoms with van der Waals surface area (Å²) < 4.78 is 1.57. The van der Waals surface area contributed by atoms with Crippen molar-refractivity contribution in [3.8, 4) is 5.69 Å². The van der Waals surface area contributed by atoms with Gasteiger partial charge in [-0.15, -0.1) is 11.3 Å². The Bertz CT molecular complexity index is 1200. The van der Waals surface area contributed by atoms with Gasteiger partial charge in [-0.1, -0.05) is 24.8 Å². The summed E-state index contributed by atoms with van der Waals surface area (Å²) in [5, 5.41) is 5.63. The number of benzene rings is 1. The van der Waals surface area contributed by atoms with E-state index in [1.807, 2.05) is 45.9 Å². The Balaban J connectivity index is 2.14. The Morgan fingerprint density at radius 3 is 2.57 bits per heavy atom. The smallest absolute Gasteiger partial charge is 0.321 e. The van der Waals surface area contributed by atoms with Gasteiger partial charge in [0.25, 0.3) is 5.56 Å². The zero-order valence-electron chi connectivity index (χ0n) is 17.6. The minimum Gasteiger partial charge on any atom is -0.341 e. The van der Waals surface area contributed by atoms with E-state index in [9.17, 15) is 14.4 Å². The molecule has 2 N–H and O–H groups in total. The zero-order valence-corrected chi connectivity index (χ0v) is 19.2. The Kier molecular flexibility index (Phi) is 6.62. The molecule has 7 nitrogen and oxygen atoms in total. The van der Waals surface area contributed by atoms with Crippen LogP contribution in [0.1, 0.15) is 28.5 Å². The van der Waals surface area contributed by atoms with E-state index in [2.05, 4.69) is 10.6 Å². The number of carbonyl (C=O) groups is 2. The van der Waals surface area contributed by atoms with Gasteiger partial charge in [0.1, 0.15) is 4.83 Å². The minimum atomic E-state index is -0.572. The molecule has 2 aromatic heterocycles. The highest BCUT2D eigenvalue weighted by molar-refractivity contribution is 7.99. The zero-order chi connectivity index (χ0) is 22.0. The maximum Gasteiger partial charge on any atom is 0.321 e. The van der Waals surface area contributed by atoms with Crippen molar-refractivity contribution in [1.82, 2.24) is 20.2 Å². The van der Waals surface area contributed by atoms with E-state index in [0.29, 0.717) is 21.1 Å². The van der Waals surface area contributed by atoms with Gasteiger partial charge in [-0.2, -0.15) is 0 Å². The molecule has 30 heavy (non-hydrogen) atoms. The van der Waals surface area contributed by atoms with Crippen molar-refractivity contribution < 1.29 is 9.59 Å². The monoisotopic (exact) mass is 444 g/mol. The van der Waals surface area contributed by atoms with Crippen LogP contribution < -0.4 is 16.2 Å². The van der Waals surface area contributed by atoms with E-state index in [1.165, 1.54) is 18.4 Å². The van der Waals surface area contributed by atoms with Gasteiger partial charge in [0.15, 0.2) is 5.16 Å². The molecule has 0 fully saturated rings. The fourth-order valence-corrected chi connectivity index (χ4v) is 5.14. The highest BCUT2D eigenvalue weighted by atomic mass is 32.2. The number of nitrogens with zero attached hydrogens (tertiary/aromatic N) is 2. The van der Waals surface area contributed by atoms with Crippen molar-refractivity contribution in [3.63, 3.8) is 0 Å². The molecule has 3 aromatic rings. The summed E-state index contributed by atoms with van der Waals surface area (Å²) in [6.45, 7) is 8.03. The molecule has 0 spiro atoms. The summed E-state index contributed by atoms with van der Waals surface area (Å²) >= 11 is 2.62. The maximum atomic E-state index is 13.6. The topological polar surface area (TPSA) is 93.1 Å². The molecule has 158 valence electrons. The van der Waals surface area contributed by atoms with Crippen LogP contribution in [0.4, 0.5) is 4.79 Å². The number of carbonyl (C=O) groups excluding carboxylic acids is 2. The lowest BCUT2D eigenvalue weighted by molar-refractivity contribution is -0.117. The number of thiophene rings is 1. The minimum absolute atomic E-state index is 0.0405. The van der Waals surface area contributed by atoms with E-state index in [1.54, 1.807) is 4.57 Å². The van der Waals surface area contributed by atoms with Gasteiger partial charge in [0.2, 0.25) is 5.91 Å². The van der Waals surface area contributed by atoms with Gasteiger partial charge in [-0.3, -0.25) is 19.5 Å². The first-order valence-electron chi connectivity index (χ1n) is 9.53. The van der Waals surface area contributed by atoms with Gasteiger partial charge in [-0.25, -0.2) is 9.78 Å². The highest BCUT2D eigenvalue weighted by Crippen LogP contribution is 2.30. The van der Waals surface area contributed by atoms with E-state index in [4.69, 9.17) is 4.98 Å². The normalized spacial score (nSPS) is 11.0. The largest absolute Gasteiger partial charge is 0.341 e. The SMILES string of the molecule is CCc1c(C)sc2nc(SCC(=O)NC(=O)NC)n(-c3ccc(C)c(C)c3)c(=O)c12. The average molecular weight is 445 g/mol. The third-order valence-corrected chi connectivity index (χ3v) is 6.89. The van der Waals surface area contributed by atoms with Crippen molar-refractivity contribution in [2.75, 3.05) is 12.8 Å². The van der Waals surface area contributed by atoms with E-state index in [0.717, 1.165) is 39.8 Å². The number of hydrogen-bond acceptors (Lipinski definition) is 6. The van der Waals surface area contributed by atoms with Crippen molar-refractivity contribution in [2.45, 2.75) is 39.3 Å². The van der Waals surface area contributed by atoms with Crippen LogP contribution in [0.2, 0.25) is 0 Å². The molecule has 3 rings (SSSR count). The van der Waals surface area contributed by atoms with Gasteiger partial charge >= 0.3 is 6.03 Å². The molecule has 0 saturated heterocycles. The summed E-state index contributed by atoms with van der Waals surface area (Å²) in [6.07, 6.45) is 0.747. The Hall–Kier alpha value is -2.65. The second kappa shape index (κ2) is 9.01. The summed E-state index contributed by atoms with van der Waals surface area (Å²) in [4.78, 5) is 43.5. The molecule has 0 radical (unpaired) electrons. The number of thioether (sulfide) groups is 1. The van der Waals surface area contributed by atoms with Gasteiger partial charge in [0, 0.05) is 11.9 Å². The number of amides is 3. The summed E-state index contributed by atoms with van der Waals surface area (Å²) in [5.41, 5.74) is 3.76. The second-order valence-corrected chi connectivity index (χ2v) is 9.04. The number of aromatic nitrogens is 2. The molecule has 0 aliphatic heterocycles. The van der Waals surface area contributed by atoms with Gasteiger partial charge in [-0.05, 0) is 56.0 Å². The molecule has 0 aliphatic rings. The molecular formula is C21H24N4O3S2. The first-order chi connectivity index (χ1) is 14.3. The van der Waals surface area contributed by atoms with Crippen LogP contribution >= 0.6 is 23.1 Å². The predicted molar refractivity (Wildman–Crippen MR) is 122 cm³/mol. The molecule has 0 saturated carbocycles. The van der Waals surface area contributed by atoms with Crippen LogP contribution in [0.25, 0.3) is 15.9 Å². The number of fused-ring (bicyclic) bond motifs is 1. The molecule has 1 aromatic carbocycles. The summed E-state index contributed by atoms with van der Waals surface area (Å²) in [5.74, 6) is -0.502. The molecule has 0 atom stereocenters. The number of hydrogen-bond donors (Lipinski definition) is 2. The van der Waals surface area contributed by atoms with E-state index >= 15 is 0 Å². The molecular weight excluding hydrogens is 420 g/mol. The molecule has 0 aliphatic carbocycles. The first-order valence-corrected chi connectivity index (χ1v) is 11.3. The van der Waals surface area contributed by atoms with Crippen molar-refractivity contribution in [2.24, 2.45) is 0 Å². The fraction of sp³-hybridized carbons (Fsp3) is 0.333. The van der Waals surface area contributed by atoms with E-state index in [-0.39, 0.29) is 11.3 Å². The van der Waals surface area contributed by atoms with Crippen molar-refractivity contribution in [1.29, 1.82) is 0 Å². The Morgan fingerprint density at radius 2 is 1.93 bits per heavy atom. The van der Waals surface area contributed by atoms with Crippen molar-refractivity contribution >= 4 is 45.3 Å². The maximum absolute atomic E-state index is 13.6. The fourth-order valence-electron chi connectivity index (χ4n) is 3.17. The molecule has 0 bridgehead atoms. The average Bonchev–Trinajstić information content (AvgIpc) is 3.03. The molecule has 0 unspecified atom stereocenters. The lowest BCUT2D eigenvalue weighted by atomic mass is 10.1. The van der Waals surface area contributed by atoms with Crippen LogP contribution in [-0.2, 0) is 11.2 Å².